The minimum atomic E-state index is -0.637. The Balaban J connectivity index is 1.47. The number of para-hydroxylation sites is 2. The third-order valence-electron chi connectivity index (χ3n) is 12.8. The Labute approximate surface area is 384 Å². The van der Waals surface area contributed by atoms with Crippen molar-refractivity contribution in [2.75, 3.05) is 9.80 Å². The van der Waals surface area contributed by atoms with Crippen LogP contribution >= 0.6 is 0 Å². The molecule has 4 heteroatoms. The van der Waals surface area contributed by atoms with Crippen LogP contribution in [0.25, 0.3) is 27.5 Å². The number of rotatable bonds is 3. The molecule has 2 aliphatic rings. The molecule has 0 atom stereocenters. The minimum absolute atomic E-state index is 0.0268. The first kappa shape index (κ1) is 30.1. The molecule has 7 aromatic carbocycles. The van der Waals surface area contributed by atoms with Crippen LogP contribution in [0.15, 0.2) is 145 Å². The molecule has 0 saturated carbocycles. The van der Waals surface area contributed by atoms with E-state index in [9.17, 15) is 11.0 Å². The van der Waals surface area contributed by atoms with Crippen LogP contribution in [0.4, 0.5) is 34.1 Å². The van der Waals surface area contributed by atoms with E-state index in [0.29, 0.717) is 55.7 Å². The molecule has 10 rings (SSSR count). The second kappa shape index (κ2) is 13.8. The standard InChI is InChI=1S/C58H60BN3/c1-55(2,3)37-21-27-41(28-22-37)60-50-31-25-39(57(7,8)9)33-46(50)59-47-34-40(58(10,11)12)26-32-51(47)61(42-29-23-38(24-30-42)56(4,5)6)53-36-43(35-52(60)54(53)59)62-48-19-15-13-17-44(48)45-18-14-16-20-49(45)62/h13-36H,1-12H3/i13D,14D,19D,20D,27D,28D,29D,30D,31D,32D. The molecular formula is C58H60BN3. The fraction of sp³-hybridized carbons (Fsp3) is 0.276. The van der Waals surface area contributed by atoms with E-state index in [1.54, 1.807) is 36.4 Å². The third kappa shape index (κ3) is 6.40. The lowest BCUT2D eigenvalue weighted by Gasteiger charge is -2.45. The summed E-state index contributed by atoms with van der Waals surface area (Å²) in [7, 11) is 0. The van der Waals surface area contributed by atoms with Crippen molar-refractivity contribution in [1.29, 1.82) is 0 Å². The van der Waals surface area contributed by atoms with Crippen molar-refractivity contribution < 1.29 is 13.7 Å². The highest BCUT2D eigenvalue weighted by molar-refractivity contribution is 7.00. The van der Waals surface area contributed by atoms with Gasteiger partial charge in [0.15, 0.2) is 0 Å². The first-order chi connectivity index (χ1) is 33.4. The molecule has 2 aliphatic heterocycles. The average molecular weight is 820 g/mol. The second-order valence-electron chi connectivity index (χ2n) is 21.2. The van der Waals surface area contributed by atoms with Crippen molar-refractivity contribution in [2.45, 2.75) is 105 Å². The van der Waals surface area contributed by atoms with Crippen molar-refractivity contribution in [3.8, 4) is 5.69 Å². The Kier molecular flexibility index (Phi) is 6.68. The van der Waals surface area contributed by atoms with Gasteiger partial charge in [-0.05, 0) is 121 Å². The Morgan fingerprint density at radius 3 is 1.15 bits per heavy atom. The van der Waals surface area contributed by atoms with Gasteiger partial charge in [-0.15, -0.1) is 0 Å². The van der Waals surface area contributed by atoms with Gasteiger partial charge in [-0.25, -0.2) is 0 Å². The van der Waals surface area contributed by atoms with E-state index in [4.69, 9.17) is 2.74 Å². The molecule has 0 N–H and O–H groups in total. The van der Waals surface area contributed by atoms with E-state index in [1.165, 1.54) is 12.1 Å². The zero-order valence-electron chi connectivity index (χ0n) is 48.0. The summed E-state index contributed by atoms with van der Waals surface area (Å²) in [6, 6.07) is 26.2. The SMILES string of the molecule is [2H]c1cc([2H])c2c(c1)c1cc([2H])cc([2H])c1n2-c1cc2c3c(c1)N(c1c([2H])cc(C(C)(C)C)cc1[2H])c1c([2H])cc(C(C)(C)C)cc1B3c1cc(C(C)(C)C)cc([2H])c1N2c1c([2H])cc(C(C)(C)C)cc1[2H]. The highest BCUT2D eigenvalue weighted by atomic mass is 15.2. The van der Waals surface area contributed by atoms with Crippen LogP contribution in [-0.4, -0.2) is 11.3 Å². The van der Waals surface area contributed by atoms with E-state index in [0.717, 1.165) is 33.2 Å². The van der Waals surface area contributed by atoms with Crippen LogP contribution in [0.3, 0.4) is 0 Å². The zero-order valence-corrected chi connectivity index (χ0v) is 38.0. The Bertz CT molecular complexity index is 3380. The van der Waals surface area contributed by atoms with Crippen LogP contribution in [0.1, 0.15) is 119 Å². The summed E-state index contributed by atoms with van der Waals surface area (Å²) < 4.78 is 97.9. The Morgan fingerprint density at radius 1 is 0.403 bits per heavy atom. The molecule has 0 aliphatic carbocycles. The molecule has 1 aromatic heterocycles. The van der Waals surface area contributed by atoms with Gasteiger partial charge in [0.2, 0.25) is 0 Å². The van der Waals surface area contributed by atoms with Gasteiger partial charge in [-0.2, -0.15) is 0 Å². The number of hydrogen-bond acceptors (Lipinski definition) is 2. The fourth-order valence-corrected chi connectivity index (χ4v) is 9.08. The van der Waals surface area contributed by atoms with Gasteiger partial charge in [-0.1, -0.05) is 168 Å². The molecule has 0 fully saturated rings. The van der Waals surface area contributed by atoms with Gasteiger partial charge in [0.1, 0.15) is 0 Å². The fourth-order valence-electron chi connectivity index (χ4n) is 9.08. The molecule has 62 heavy (non-hydrogen) atoms. The largest absolute Gasteiger partial charge is 0.311 e. The molecular weight excluding hydrogens is 749 g/mol. The molecule has 8 aromatic rings. The summed E-state index contributed by atoms with van der Waals surface area (Å²) in [5, 5.41) is 1.04. The first-order valence-corrected chi connectivity index (χ1v) is 21.7. The number of nitrogens with zero attached hydrogens (tertiary/aromatic N) is 3. The summed E-state index contributed by atoms with van der Waals surface area (Å²) in [6.07, 6.45) is 0. The summed E-state index contributed by atoms with van der Waals surface area (Å²) >= 11 is 0. The number of anilines is 6. The number of benzene rings is 7. The Hall–Kier alpha value is -6.00. The van der Waals surface area contributed by atoms with Crippen LogP contribution < -0.4 is 26.2 Å². The van der Waals surface area contributed by atoms with E-state index < -0.39 is 17.5 Å². The number of aromatic nitrogens is 1. The van der Waals surface area contributed by atoms with E-state index in [-0.39, 0.29) is 82.6 Å². The molecule has 0 saturated heterocycles. The lowest BCUT2D eigenvalue weighted by Crippen LogP contribution is -2.61. The minimum Gasteiger partial charge on any atom is -0.311 e. The van der Waals surface area contributed by atoms with Gasteiger partial charge in [0.25, 0.3) is 6.71 Å². The van der Waals surface area contributed by atoms with Gasteiger partial charge in [-0.3, -0.25) is 0 Å². The summed E-state index contributed by atoms with van der Waals surface area (Å²) in [4.78, 5) is 3.73. The van der Waals surface area contributed by atoms with Crippen molar-refractivity contribution in [3.05, 3.63) is 168 Å². The Morgan fingerprint density at radius 2 is 0.774 bits per heavy atom. The molecule has 0 radical (unpaired) electrons. The van der Waals surface area contributed by atoms with Gasteiger partial charge < -0.3 is 14.4 Å². The van der Waals surface area contributed by atoms with Gasteiger partial charge in [0, 0.05) is 44.9 Å². The van der Waals surface area contributed by atoms with Crippen LogP contribution in [0.5, 0.6) is 0 Å². The maximum Gasteiger partial charge on any atom is 0.252 e. The predicted octanol–water partition coefficient (Wildman–Crippen LogP) is 14.1. The van der Waals surface area contributed by atoms with Gasteiger partial charge in [0.05, 0.1) is 30.4 Å². The maximum atomic E-state index is 10.1. The molecule has 310 valence electrons. The van der Waals surface area contributed by atoms with E-state index in [2.05, 4.69) is 53.7 Å². The normalized spacial score (nSPS) is 16.3. The molecule has 0 spiro atoms. The van der Waals surface area contributed by atoms with E-state index in [1.807, 2.05) is 80.2 Å². The van der Waals surface area contributed by atoms with Crippen LogP contribution in [0.2, 0.25) is 0 Å². The topological polar surface area (TPSA) is 11.4 Å². The number of hydrogen-bond donors (Lipinski definition) is 0. The van der Waals surface area contributed by atoms with Crippen molar-refractivity contribution in [2.24, 2.45) is 0 Å². The summed E-state index contributed by atoms with van der Waals surface area (Å²) in [6.45, 7) is 24.3. The monoisotopic (exact) mass is 820 g/mol. The predicted molar refractivity (Wildman–Crippen MR) is 270 cm³/mol. The van der Waals surface area contributed by atoms with E-state index >= 15 is 0 Å². The quantitative estimate of drug-likeness (QED) is 0.165. The van der Waals surface area contributed by atoms with Crippen molar-refractivity contribution >= 4 is 79.0 Å². The smallest absolute Gasteiger partial charge is 0.252 e. The first-order valence-electron chi connectivity index (χ1n) is 26.7. The molecule has 0 unspecified atom stereocenters. The lowest BCUT2D eigenvalue weighted by molar-refractivity contribution is 0.590. The van der Waals surface area contributed by atoms with Crippen LogP contribution in [0, 0.1) is 0 Å². The molecule has 0 amide bonds. The highest BCUT2D eigenvalue weighted by Gasteiger charge is 2.45. The van der Waals surface area contributed by atoms with Crippen LogP contribution in [-0.2, 0) is 21.7 Å². The summed E-state index contributed by atoms with van der Waals surface area (Å²) in [5.41, 5.74) is 7.79. The van der Waals surface area contributed by atoms with Gasteiger partial charge >= 0.3 is 0 Å². The number of fused-ring (bicyclic) bond motifs is 7. The molecule has 3 heterocycles. The lowest BCUT2D eigenvalue weighted by atomic mass is 9.33. The highest BCUT2D eigenvalue weighted by Crippen LogP contribution is 2.47. The van der Waals surface area contributed by atoms with Crippen molar-refractivity contribution in [3.63, 3.8) is 0 Å². The maximum absolute atomic E-state index is 10.1. The molecule has 3 nitrogen and oxygen atoms in total. The summed E-state index contributed by atoms with van der Waals surface area (Å²) in [5.74, 6) is 0. The average Bonchev–Trinajstić information content (AvgIpc) is 3.57. The second-order valence-corrected chi connectivity index (χ2v) is 21.2. The third-order valence-corrected chi connectivity index (χ3v) is 12.8. The zero-order chi connectivity index (χ0) is 52.4. The molecule has 0 bridgehead atoms. The van der Waals surface area contributed by atoms with Crippen molar-refractivity contribution in [1.82, 2.24) is 4.57 Å².